The van der Waals surface area contributed by atoms with Crippen LogP contribution in [-0.2, 0) is 6.42 Å². The summed E-state index contributed by atoms with van der Waals surface area (Å²) in [5, 5.41) is 0. The second kappa shape index (κ2) is 5.14. The van der Waals surface area contributed by atoms with Crippen LogP contribution in [0.2, 0.25) is 0 Å². The van der Waals surface area contributed by atoms with E-state index in [-0.39, 0.29) is 0 Å². The molecule has 0 bridgehead atoms. The fourth-order valence-corrected chi connectivity index (χ4v) is 1.49. The highest BCUT2D eigenvalue weighted by Gasteiger charge is 2.11. The third-order valence-electron chi connectivity index (χ3n) is 2.80. The SMILES string of the molecule is CCCc1cccc([C@H](C)C(C)C)n1. The monoisotopic (exact) mass is 191 g/mol. The molecular weight excluding hydrogens is 170 g/mol. The Bertz CT molecular complexity index is 278. The second-order valence-corrected chi connectivity index (χ2v) is 4.34. The predicted octanol–water partition coefficient (Wildman–Crippen LogP) is 3.79. The van der Waals surface area contributed by atoms with Crippen molar-refractivity contribution in [2.75, 3.05) is 0 Å². The fraction of sp³-hybridized carbons (Fsp3) is 0.615. The topological polar surface area (TPSA) is 12.9 Å². The van der Waals surface area contributed by atoms with Crippen LogP contribution in [-0.4, -0.2) is 4.98 Å². The maximum absolute atomic E-state index is 4.68. The summed E-state index contributed by atoms with van der Waals surface area (Å²) in [7, 11) is 0. The Morgan fingerprint density at radius 1 is 1.21 bits per heavy atom. The molecule has 1 atom stereocenters. The molecule has 0 N–H and O–H groups in total. The molecule has 0 saturated carbocycles. The zero-order valence-corrected chi connectivity index (χ0v) is 9.75. The highest BCUT2D eigenvalue weighted by atomic mass is 14.7. The van der Waals surface area contributed by atoms with E-state index >= 15 is 0 Å². The first-order valence-corrected chi connectivity index (χ1v) is 5.61. The lowest BCUT2D eigenvalue weighted by Gasteiger charge is -2.15. The molecular formula is C13H21N. The summed E-state index contributed by atoms with van der Waals surface area (Å²) in [5.74, 6) is 1.23. The van der Waals surface area contributed by atoms with E-state index < -0.39 is 0 Å². The molecule has 1 aromatic heterocycles. The van der Waals surface area contributed by atoms with Crippen LogP contribution in [0.5, 0.6) is 0 Å². The number of hydrogen-bond donors (Lipinski definition) is 0. The van der Waals surface area contributed by atoms with E-state index in [9.17, 15) is 0 Å². The third kappa shape index (κ3) is 2.83. The van der Waals surface area contributed by atoms with Gasteiger partial charge in [0.1, 0.15) is 0 Å². The summed E-state index contributed by atoms with van der Waals surface area (Å²) in [6.45, 7) is 8.95. The molecule has 78 valence electrons. The van der Waals surface area contributed by atoms with Crippen molar-refractivity contribution in [1.29, 1.82) is 0 Å². The molecule has 14 heavy (non-hydrogen) atoms. The molecule has 1 heterocycles. The molecule has 1 heteroatoms. The van der Waals surface area contributed by atoms with Gasteiger partial charge in [-0.3, -0.25) is 4.98 Å². The Morgan fingerprint density at radius 3 is 2.50 bits per heavy atom. The first-order chi connectivity index (χ1) is 6.65. The molecule has 0 amide bonds. The molecule has 0 aliphatic carbocycles. The minimum Gasteiger partial charge on any atom is -0.258 e. The zero-order chi connectivity index (χ0) is 10.6. The average Bonchev–Trinajstić information content (AvgIpc) is 2.17. The van der Waals surface area contributed by atoms with Crippen molar-refractivity contribution in [3.63, 3.8) is 0 Å². The van der Waals surface area contributed by atoms with Crippen LogP contribution in [0.15, 0.2) is 18.2 Å². The number of nitrogens with zero attached hydrogens (tertiary/aromatic N) is 1. The van der Waals surface area contributed by atoms with Gasteiger partial charge in [0, 0.05) is 17.3 Å². The number of rotatable bonds is 4. The van der Waals surface area contributed by atoms with E-state index in [1.165, 1.54) is 17.8 Å². The average molecular weight is 191 g/mol. The maximum Gasteiger partial charge on any atom is 0.0437 e. The Labute approximate surface area is 87.6 Å². The van der Waals surface area contributed by atoms with E-state index in [2.05, 4.69) is 50.9 Å². The van der Waals surface area contributed by atoms with Gasteiger partial charge in [-0.1, -0.05) is 40.2 Å². The van der Waals surface area contributed by atoms with Gasteiger partial charge >= 0.3 is 0 Å². The Hall–Kier alpha value is -0.850. The number of hydrogen-bond acceptors (Lipinski definition) is 1. The molecule has 1 aromatic rings. The molecule has 1 nitrogen and oxygen atoms in total. The molecule has 0 unspecified atom stereocenters. The zero-order valence-electron chi connectivity index (χ0n) is 9.75. The standard InChI is InChI=1S/C13H21N/c1-5-7-12-8-6-9-13(14-12)11(4)10(2)3/h6,8-11H,5,7H2,1-4H3/t11-/m1/s1. The molecule has 0 aliphatic rings. The van der Waals surface area contributed by atoms with E-state index in [4.69, 9.17) is 0 Å². The van der Waals surface area contributed by atoms with Crippen molar-refractivity contribution in [3.05, 3.63) is 29.6 Å². The highest BCUT2D eigenvalue weighted by Crippen LogP contribution is 2.21. The normalized spacial score (nSPS) is 13.2. The predicted molar refractivity (Wildman–Crippen MR) is 61.5 cm³/mol. The summed E-state index contributed by atoms with van der Waals surface area (Å²) in [6, 6.07) is 6.40. The van der Waals surface area contributed by atoms with Gasteiger partial charge in [-0.15, -0.1) is 0 Å². The van der Waals surface area contributed by atoms with Crippen molar-refractivity contribution in [2.45, 2.75) is 46.5 Å². The Morgan fingerprint density at radius 2 is 1.93 bits per heavy atom. The van der Waals surface area contributed by atoms with Crippen molar-refractivity contribution in [3.8, 4) is 0 Å². The Kier molecular flexibility index (Phi) is 4.12. The van der Waals surface area contributed by atoms with Gasteiger partial charge in [-0.25, -0.2) is 0 Å². The molecule has 0 fully saturated rings. The van der Waals surface area contributed by atoms with Crippen molar-refractivity contribution in [1.82, 2.24) is 4.98 Å². The van der Waals surface area contributed by atoms with Crippen LogP contribution in [0.3, 0.4) is 0 Å². The van der Waals surface area contributed by atoms with Crippen molar-refractivity contribution in [2.24, 2.45) is 5.92 Å². The number of aromatic nitrogens is 1. The van der Waals surface area contributed by atoms with Crippen LogP contribution >= 0.6 is 0 Å². The Balaban J connectivity index is 2.82. The fourth-order valence-electron chi connectivity index (χ4n) is 1.49. The molecule has 0 saturated heterocycles. The molecule has 0 aliphatic heterocycles. The summed E-state index contributed by atoms with van der Waals surface area (Å²) in [4.78, 5) is 4.68. The minimum absolute atomic E-state index is 0.562. The summed E-state index contributed by atoms with van der Waals surface area (Å²) in [5.41, 5.74) is 2.48. The smallest absolute Gasteiger partial charge is 0.0437 e. The first kappa shape index (κ1) is 11.2. The highest BCUT2D eigenvalue weighted by molar-refractivity contribution is 5.14. The minimum atomic E-state index is 0.562. The lowest BCUT2D eigenvalue weighted by Crippen LogP contribution is -2.05. The summed E-state index contributed by atoms with van der Waals surface area (Å²) >= 11 is 0. The molecule has 0 radical (unpaired) electrons. The largest absolute Gasteiger partial charge is 0.258 e. The summed E-state index contributed by atoms with van der Waals surface area (Å²) < 4.78 is 0. The van der Waals surface area contributed by atoms with Gasteiger partial charge in [0.15, 0.2) is 0 Å². The quantitative estimate of drug-likeness (QED) is 0.705. The number of aryl methyl sites for hydroxylation is 1. The maximum atomic E-state index is 4.68. The molecule has 1 rings (SSSR count). The first-order valence-electron chi connectivity index (χ1n) is 5.61. The van der Waals surface area contributed by atoms with Gasteiger partial charge in [0.05, 0.1) is 0 Å². The van der Waals surface area contributed by atoms with Crippen LogP contribution in [0.25, 0.3) is 0 Å². The van der Waals surface area contributed by atoms with Gasteiger partial charge in [0.2, 0.25) is 0 Å². The summed E-state index contributed by atoms with van der Waals surface area (Å²) in [6.07, 6.45) is 2.27. The van der Waals surface area contributed by atoms with Crippen LogP contribution in [0.1, 0.15) is 51.4 Å². The lowest BCUT2D eigenvalue weighted by atomic mass is 9.94. The van der Waals surface area contributed by atoms with Crippen LogP contribution in [0, 0.1) is 5.92 Å². The van der Waals surface area contributed by atoms with Gasteiger partial charge in [-0.2, -0.15) is 0 Å². The third-order valence-corrected chi connectivity index (χ3v) is 2.80. The van der Waals surface area contributed by atoms with Gasteiger partial charge < -0.3 is 0 Å². The number of pyridine rings is 1. The van der Waals surface area contributed by atoms with Crippen LogP contribution in [0.4, 0.5) is 0 Å². The van der Waals surface area contributed by atoms with E-state index in [1.54, 1.807) is 0 Å². The van der Waals surface area contributed by atoms with E-state index in [0.29, 0.717) is 11.8 Å². The van der Waals surface area contributed by atoms with Crippen molar-refractivity contribution < 1.29 is 0 Å². The molecule has 0 spiro atoms. The molecule has 0 aromatic carbocycles. The van der Waals surface area contributed by atoms with Gasteiger partial charge in [0.25, 0.3) is 0 Å². The van der Waals surface area contributed by atoms with Crippen molar-refractivity contribution >= 4 is 0 Å². The van der Waals surface area contributed by atoms with Crippen LogP contribution < -0.4 is 0 Å². The second-order valence-electron chi connectivity index (χ2n) is 4.34. The lowest BCUT2D eigenvalue weighted by molar-refractivity contribution is 0.522. The van der Waals surface area contributed by atoms with Gasteiger partial charge in [-0.05, 0) is 24.5 Å². The van der Waals surface area contributed by atoms with E-state index in [0.717, 1.165) is 6.42 Å². The van der Waals surface area contributed by atoms with E-state index in [1.807, 2.05) is 0 Å².